The van der Waals surface area contributed by atoms with Crippen molar-refractivity contribution in [1.82, 2.24) is 10.3 Å². The van der Waals surface area contributed by atoms with Gasteiger partial charge in [-0.25, -0.2) is 0 Å². The van der Waals surface area contributed by atoms with E-state index in [1.165, 1.54) is 0 Å². The molecular formula is C18H21N3O2. The monoisotopic (exact) mass is 311 g/mol. The van der Waals surface area contributed by atoms with Crippen molar-refractivity contribution in [1.29, 1.82) is 0 Å². The van der Waals surface area contributed by atoms with E-state index < -0.39 is 0 Å². The van der Waals surface area contributed by atoms with Crippen LogP contribution in [0.25, 0.3) is 0 Å². The van der Waals surface area contributed by atoms with Crippen LogP contribution in [0, 0.1) is 0 Å². The van der Waals surface area contributed by atoms with Gasteiger partial charge in [0.05, 0.1) is 11.7 Å². The average Bonchev–Trinajstić information content (AvgIpc) is 2.62. The number of nitrogens with zero attached hydrogens (tertiary/aromatic N) is 1. The molecule has 1 unspecified atom stereocenters. The number of carbonyl (C=O) groups is 1. The molecule has 0 bridgehead atoms. The number of hydrogen-bond acceptors (Lipinski definition) is 4. The number of anilines is 1. The van der Waals surface area contributed by atoms with Gasteiger partial charge in [0, 0.05) is 18.0 Å². The molecule has 1 amide bonds. The summed E-state index contributed by atoms with van der Waals surface area (Å²) in [6.07, 6.45) is 4.87. The van der Waals surface area contributed by atoms with Crippen LogP contribution in [0.5, 0.6) is 5.75 Å². The number of pyridine rings is 1. The minimum Gasteiger partial charge on any atom is -0.487 e. The first-order valence-electron chi connectivity index (χ1n) is 7.98. The lowest BCUT2D eigenvalue weighted by Crippen LogP contribution is -2.43. The second-order valence-electron chi connectivity index (χ2n) is 5.63. The Kier molecular flexibility index (Phi) is 5.21. The molecule has 1 aliphatic rings. The van der Waals surface area contributed by atoms with Gasteiger partial charge in [-0.1, -0.05) is 18.6 Å². The van der Waals surface area contributed by atoms with Crippen LogP contribution in [0.4, 0.5) is 5.69 Å². The van der Waals surface area contributed by atoms with Gasteiger partial charge in [0.15, 0.2) is 0 Å². The zero-order valence-electron chi connectivity index (χ0n) is 13.0. The number of carbonyl (C=O) groups excluding carboxylic acids is 1. The zero-order chi connectivity index (χ0) is 15.9. The van der Waals surface area contributed by atoms with Crippen molar-refractivity contribution in [3.05, 3.63) is 54.4 Å². The second-order valence-corrected chi connectivity index (χ2v) is 5.63. The molecule has 1 atom stereocenters. The highest BCUT2D eigenvalue weighted by atomic mass is 16.5. The van der Waals surface area contributed by atoms with Crippen LogP contribution in [-0.4, -0.2) is 23.5 Å². The maximum absolute atomic E-state index is 12.2. The highest BCUT2D eigenvalue weighted by molar-refractivity contribution is 5.95. The summed E-state index contributed by atoms with van der Waals surface area (Å²) < 4.78 is 5.73. The molecule has 5 nitrogen and oxygen atoms in total. The molecule has 0 saturated carbocycles. The van der Waals surface area contributed by atoms with E-state index >= 15 is 0 Å². The lowest BCUT2D eigenvalue weighted by atomic mass is 10.0. The van der Waals surface area contributed by atoms with Gasteiger partial charge in [0.25, 0.3) is 0 Å². The minimum atomic E-state index is -0.0955. The van der Waals surface area contributed by atoms with Crippen LogP contribution in [0.15, 0.2) is 48.7 Å². The highest BCUT2D eigenvalue weighted by Gasteiger charge is 2.20. The summed E-state index contributed by atoms with van der Waals surface area (Å²) in [4.78, 5) is 16.5. The number of ether oxygens (including phenoxy) is 1. The second kappa shape index (κ2) is 7.74. The van der Waals surface area contributed by atoms with Gasteiger partial charge in [-0.3, -0.25) is 9.78 Å². The largest absolute Gasteiger partial charge is 0.487 e. The number of hydrogen-bond donors (Lipinski definition) is 2. The molecule has 1 fully saturated rings. The third-order valence-electron chi connectivity index (χ3n) is 3.84. The Hall–Kier alpha value is -2.40. The van der Waals surface area contributed by atoms with Crippen molar-refractivity contribution in [3.63, 3.8) is 0 Å². The highest BCUT2D eigenvalue weighted by Crippen LogP contribution is 2.19. The van der Waals surface area contributed by atoms with Crippen molar-refractivity contribution in [3.8, 4) is 5.75 Å². The number of piperidine rings is 1. The fourth-order valence-corrected chi connectivity index (χ4v) is 2.61. The minimum absolute atomic E-state index is 0.0200. The van der Waals surface area contributed by atoms with E-state index in [4.69, 9.17) is 4.74 Å². The zero-order valence-corrected chi connectivity index (χ0v) is 13.0. The Bertz CT molecular complexity index is 640. The van der Waals surface area contributed by atoms with Crippen LogP contribution in [-0.2, 0) is 11.4 Å². The number of amides is 1. The van der Waals surface area contributed by atoms with E-state index in [0.29, 0.717) is 12.4 Å². The Labute approximate surface area is 136 Å². The van der Waals surface area contributed by atoms with Crippen molar-refractivity contribution >= 4 is 11.6 Å². The molecule has 5 heteroatoms. The summed E-state index contributed by atoms with van der Waals surface area (Å²) in [5, 5.41) is 6.20. The van der Waals surface area contributed by atoms with Crippen molar-refractivity contribution in [2.75, 3.05) is 11.9 Å². The lowest BCUT2D eigenvalue weighted by Gasteiger charge is -2.22. The van der Waals surface area contributed by atoms with E-state index in [0.717, 1.165) is 37.2 Å². The Morgan fingerprint density at radius 2 is 2.22 bits per heavy atom. The van der Waals surface area contributed by atoms with Crippen LogP contribution in [0.3, 0.4) is 0 Å². The molecule has 1 aliphatic heterocycles. The third kappa shape index (κ3) is 4.53. The molecular weight excluding hydrogens is 290 g/mol. The number of aromatic nitrogens is 1. The van der Waals surface area contributed by atoms with Gasteiger partial charge in [0.1, 0.15) is 12.4 Å². The van der Waals surface area contributed by atoms with Crippen LogP contribution < -0.4 is 15.4 Å². The normalized spacial score (nSPS) is 17.5. The smallest absolute Gasteiger partial charge is 0.241 e. The summed E-state index contributed by atoms with van der Waals surface area (Å²) in [7, 11) is 0. The first-order valence-corrected chi connectivity index (χ1v) is 7.98. The van der Waals surface area contributed by atoms with Gasteiger partial charge in [-0.2, -0.15) is 0 Å². The molecule has 3 rings (SSSR count). The molecule has 0 radical (unpaired) electrons. The number of benzene rings is 1. The summed E-state index contributed by atoms with van der Waals surface area (Å²) in [5.41, 5.74) is 1.62. The van der Waals surface area contributed by atoms with Gasteiger partial charge >= 0.3 is 0 Å². The first-order chi connectivity index (χ1) is 11.3. The van der Waals surface area contributed by atoms with Gasteiger partial charge in [-0.05, 0) is 43.7 Å². The van der Waals surface area contributed by atoms with Crippen molar-refractivity contribution in [2.45, 2.75) is 31.9 Å². The molecule has 2 heterocycles. The molecule has 2 N–H and O–H groups in total. The summed E-state index contributed by atoms with van der Waals surface area (Å²) in [6, 6.07) is 13.1. The molecule has 1 aromatic heterocycles. The van der Waals surface area contributed by atoms with E-state index in [-0.39, 0.29) is 11.9 Å². The summed E-state index contributed by atoms with van der Waals surface area (Å²) in [5.74, 6) is 0.733. The van der Waals surface area contributed by atoms with Crippen molar-refractivity contribution in [2.24, 2.45) is 0 Å². The Morgan fingerprint density at radius 1 is 1.26 bits per heavy atom. The van der Waals surface area contributed by atoms with Crippen LogP contribution in [0.2, 0.25) is 0 Å². The van der Waals surface area contributed by atoms with Gasteiger partial charge in [-0.15, -0.1) is 0 Å². The molecule has 1 saturated heterocycles. The topological polar surface area (TPSA) is 63.2 Å². The molecule has 1 aromatic carbocycles. The van der Waals surface area contributed by atoms with E-state index in [9.17, 15) is 4.79 Å². The van der Waals surface area contributed by atoms with Crippen molar-refractivity contribution < 1.29 is 9.53 Å². The predicted molar refractivity (Wildman–Crippen MR) is 89.3 cm³/mol. The third-order valence-corrected chi connectivity index (χ3v) is 3.84. The standard InChI is InChI=1S/C18H21N3O2/c22-18(17-9-2-4-11-20-17)21-14-7-5-8-16(12-14)23-13-15-6-1-3-10-19-15/h1,3,5-8,10,12,17,20H,2,4,9,11,13H2,(H,21,22). The summed E-state index contributed by atoms with van der Waals surface area (Å²) in [6.45, 7) is 1.31. The maximum atomic E-state index is 12.2. The maximum Gasteiger partial charge on any atom is 0.241 e. The molecule has 0 spiro atoms. The SMILES string of the molecule is O=C(Nc1cccc(OCc2ccccn2)c1)C1CCCCN1. The molecule has 23 heavy (non-hydrogen) atoms. The number of rotatable bonds is 5. The Balaban J connectivity index is 1.57. The van der Waals surface area contributed by atoms with Crippen LogP contribution in [0.1, 0.15) is 25.0 Å². The predicted octanol–water partition coefficient (Wildman–Crippen LogP) is 2.74. The number of nitrogens with one attached hydrogen (secondary N) is 2. The van der Waals surface area contributed by atoms with E-state index in [1.54, 1.807) is 6.20 Å². The summed E-state index contributed by atoms with van der Waals surface area (Å²) >= 11 is 0. The van der Waals surface area contributed by atoms with E-state index in [1.807, 2.05) is 42.5 Å². The van der Waals surface area contributed by atoms with Crippen LogP contribution >= 0.6 is 0 Å². The lowest BCUT2D eigenvalue weighted by molar-refractivity contribution is -0.118. The fraction of sp³-hybridized carbons (Fsp3) is 0.333. The quantitative estimate of drug-likeness (QED) is 0.891. The average molecular weight is 311 g/mol. The molecule has 120 valence electrons. The van der Waals surface area contributed by atoms with Gasteiger partial charge in [0.2, 0.25) is 5.91 Å². The molecule has 2 aromatic rings. The van der Waals surface area contributed by atoms with Gasteiger partial charge < -0.3 is 15.4 Å². The first kappa shape index (κ1) is 15.5. The Morgan fingerprint density at radius 3 is 3.00 bits per heavy atom. The molecule has 0 aliphatic carbocycles. The van der Waals surface area contributed by atoms with E-state index in [2.05, 4.69) is 15.6 Å². The fourth-order valence-electron chi connectivity index (χ4n) is 2.61.